The fraction of sp³-hybridized carbons (Fsp3) is 0.0667. The van der Waals surface area contributed by atoms with E-state index >= 15 is 0 Å². The van der Waals surface area contributed by atoms with Gasteiger partial charge in [-0.1, -0.05) is 24.3 Å². The standard InChI is InChI=1S/C15H12N2O2/c1-10-16-14-12(8-5-9-13(14)18)15(19)17(10)11-6-3-2-4-7-11/h2-9,18H,1H3. The molecular formula is C15H12N2O2. The average molecular weight is 252 g/mol. The van der Waals surface area contributed by atoms with Gasteiger partial charge >= 0.3 is 0 Å². The number of rotatable bonds is 1. The Morgan fingerprint density at radius 1 is 1.05 bits per heavy atom. The second-order valence-electron chi connectivity index (χ2n) is 4.31. The van der Waals surface area contributed by atoms with Crippen LogP contribution in [-0.4, -0.2) is 14.7 Å². The Kier molecular flexibility index (Phi) is 2.56. The van der Waals surface area contributed by atoms with Gasteiger partial charge in [-0.2, -0.15) is 0 Å². The number of nitrogens with zero attached hydrogens (tertiary/aromatic N) is 2. The molecule has 0 radical (unpaired) electrons. The minimum absolute atomic E-state index is 0.0258. The van der Waals surface area contributed by atoms with Crippen LogP contribution < -0.4 is 5.56 Å². The molecule has 1 heterocycles. The molecule has 94 valence electrons. The summed E-state index contributed by atoms with van der Waals surface area (Å²) in [6.07, 6.45) is 0. The maximum atomic E-state index is 12.5. The van der Waals surface area contributed by atoms with Crippen molar-refractivity contribution in [3.63, 3.8) is 0 Å². The molecular weight excluding hydrogens is 240 g/mol. The molecule has 0 unspecified atom stereocenters. The second-order valence-corrected chi connectivity index (χ2v) is 4.31. The number of fused-ring (bicyclic) bond motifs is 1. The van der Waals surface area contributed by atoms with Gasteiger partial charge in [0.25, 0.3) is 5.56 Å². The van der Waals surface area contributed by atoms with Crippen LogP contribution in [-0.2, 0) is 0 Å². The molecule has 19 heavy (non-hydrogen) atoms. The van der Waals surface area contributed by atoms with Gasteiger partial charge in [0.15, 0.2) is 0 Å². The maximum absolute atomic E-state index is 12.5. The van der Waals surface area contributed by atoms with Gasteiger partial charge in [-0.25, -0.2) is 4.98 Å². The average Bonchev–Trinajstić information content (AvgIpc) is 2.41. The van der Waals surface area contributed by atoms with E-state index in [1.165, 1.54) is 6.07 Å². The first kappa shape index (κ1) is 11.5. The topological polar surface area (TPSA) is 55.1 Å². The second kappa shape index (κ2) is 4.24. The highest BCUT2D eigenvalue weighted by Gasteiger charge is 2.11. The summed E-state index contributed by atoms with van der Waals surface area (Å²) in [5.41, 5.74) is 0.935. The number of aryl methyl sites for hydroxylation is 1. The molecule has 4 nitrogen and oxygen atoms in total. The van der Waals surface area contributed by atoms with E-state index in [0.29, 0.717) is 16.7 Å². The smallest absolute Gasteiger partial charge is 0.266 e. The minimum Gasteiger partial charge on any atom is -0.506 e. The van der Waals surface area contributed by atoms with E-state index in [0.717, 1.165) is 5.69 Å². The van der Waals surface area contributed by atoms with Crippen LogP contribution in [0.5, 0.6) is 5.75 Å². The van der Waals surface area contributed by atoms with Crippen LogP contribution in [0.1, 0.15) is 5.82 Å². The lowest BCUT2D eigenvalue weighted by atomic mass is 10.2. The molecule has 3 aromatic rings. The van der Waals surface area contributed by atoms with Crippen LogP contribution in [0.15, 0.2) is 53.3 Å². The number of benzene rings is 2. The highest BCUT2D eigenvalue weighted by Crippen LogP contribution is 2.20. The fourth-order valence-electron chi connectivity index (χ4n) is 2.18. The molecule has 1 N–H and O–H groups in total. The van der Waals surface area contributed by atoms with Crippen molar-refractivity contribution >= 4 is 10.9 Å². The van der Waals surface area contributed by atoms with Crippen LogP contribution in [0, 0.1) is 6.92 Å². The lowest BCUT2D eigenvalue weighted by Crippen LogP contribution is -2.22. The van der Waals surface area contributed by atoms with E-state index in [4.69, 9.17) is 0 Å². The number of phenols is 1. The number of phenolic OH excluding ortho intramolecular Hbond substituents is 1. The first-order valence-corrected chi connectivity index (χ1v) is 5.95. The van der Waals surface area contributed by atoms with E-state index in [1.54, 1.807) is 23.6 Å². The van der Waals surface area contributed by atoms with Gasteiger partial charge in [0.05, 0.1) is 11.1 Å². The molecule has 3 rings (SSSR count). The van der Waals surface area contributed by atoms with Crippen molar-refractivity contribution in [1.82, 2.24) is 9.55 Å². The van der Waals surface area contributed by atoms with Gasteiger partial charge in [-0.3, -0.25) is 9.36 Å². The lowest BCUT2D eigenvalue weighted by Gasteiger charge is -2.11. The van der Waals surface area contributed by atoms with E-state index < -0.39 is 0 Å². The van der Waals surface area contributed by atoms with Crippen molar-refractivity contribution in [1.29, 1.82) is 0 Å². The van der Waals surface area contributed by atoms with E-state index in [-0.39, 0.29) is 11.3 Å². The summed E-state index contributed by atoms with van der Waals surface area (Å²) in [7, 11) is 0. The summed E-state index contributed by atoms with van der Waals surface area (Å²) in [5.74, 6) is 0.572. The molecule has 0 spiro atoms. The van der Waals surface area contributed by atoms with Crippen molar-refractivity contribution in [2.45, 2.75) is 6.92 Å². The molecule has 0 aliphatic carbocycles. The molecule has 0 aliphatic heterocycles. The van der Waals surface area contributed by atoms with Crippen LogP contribution in [0.4, 0.5) is 0 Å². The van der Waals surface area contributed by atoms with Gasteiger partial charge in [0, 0.05) is 0 Å². The van der Waals surface area contributed by atoms with Gasteiger partial charge in [0.1, 0.15) is 17.1 Å². The third-order valence-electron chi connectivity index (χ3n) is 3.06. The van der Waals surface area contributed by atoms with Crippen molar-refractivity contribution < 1.29 is 5.11 Å². The van der Waals surface area contributed by atoms with Crippen molar-refractivity contribution in [2.75, 3.05) is 0 Å². The van der Waals surface area contributed by atoms with Crippen LogP contribution in [0.3, 0.4) is 0 Å². The molecule has 0 aliphatic rings. The minimum atomic E-state index is -0.176. The van der Waals surface area contributed by atoms with Gasteiger partial charge in [-0.05, 0) is 31.2 Å². The van der Waals surface area contributed by atoms with Crippen molar-refractivity contribution in [3.05, 3.63) is 64.7 Å². The predicted octanol–water partition coefficient (Wildman–Crippen LogP) is 2.40. The van der Waals surface area contributed by atoms with Crippen molar-refractivity contribution in [2.24, 2.45) is 0 Å². The Bertz CT molecular complexity index is 807. The molecule has 4 heteroatoms. The third kappa shape index (κ3) is 1.78. The number of aromatic hydroxyl groups is 1. The number of aromatic nitrogens is 2. The van der Waals surface area contributed by atoms with Gasteiger partial charge < -0.3 is 5.11 Å². The fourth-order valence-corrected chi connectivity index (χ4v) is 2.18. The van der Waals surface area contributed by atoms with E-state index in [2.05, 4.69) is 4.98 Å². The Balaban J connectivity index is 2.43. The Labute approximate surface area is 109 Å². The first-order valence-electron chi connectivity index (χ1n) is 5.95. The monoisotopic (exact) mass is 252 g/mol. The summed E-state index contributed by atoms with van der Waals surface area (Å²) in [5, 5.41) is 10.2. The van der Waals surface area contributed by atoms with Gasteiger partial charge in [-0.15, -0.1) is 0 Å². The molecule has 0 fully saturated rings. The number of hydrogen-bond donors (Lipinski definition) is 1. The third-order valence-corrected chi connectivity index (χ3v) is 3.06. The highest BCUT2D eigenvalue weighted by atomic mass is 16.3. The van der Waals surface area contributed by atoms with Crippen LogP contribution in [0.2, 0.25) is 0 Å². The number of hydrogen-bond acceptors (Lipinski definition) is 3. The molecule has 2 aromatic carbocycles. The maximum Gasteiger partial charge on any atom is 0.266 e. The van der Waals surface area contributed by atoms with Gasteiger partial charge in [0.2, 0.25) is 0 Å². The molecule has 1 aromatic heterocycles. The molecule has 0 saturated carbocycles. The Morgan fingerprint density at radius 3 is 2.53 bits per heavy atom. The molecule has 0 atom stereocenters. The first-order chi connectivity index (χ1) is 9.18. The zero-order valence-corrected chi connectivity index (χ0v) is 10.4. The summed E-state index contributed by atoms with van der Waals surface area (Å²) in [4.78, 5) is 16.8. The van der Waals surface area contributed by atoms with Crippen molar-refractivity contribution in [3.8, 4) is 11.4 Å². The zero-order valence-electron chi connectivity index (χ0n) is 10.4. The molecule has 0 bridgehead atoms. The molecule has 0 amide bonds. The number of para-hydroxylation sites is 2. The lowest BCUT2D eigenvalue weighted by molar-refractivity contribution is 0.480. The summed E-state index contributed by atoms with van der Waals surface area (Å²) in [6, 6.07) is 14.2. The van der Waals surface area contributed by atoms with Crippen LogP contribution in [0.25, 0.3) is 16.6 Å². The van der Waals surface area contributed by atoms with E-state index in [9.17, 15) is 9.90 Å². The summed E-state index contributed by atoms with van der Waals surface area (Å²) in [6.45, 7) is 1.75. The SMILES string of the molecule is Cc1nc2c(O)cccc2c(=O)n1-c1ccccc1. The Hall–Kier alpha value is -2.62. The zero-order chi connectivity index (χ0) is 13.4. The summed E-state index contributed by atoms with van der Waals surface area (Å²) < 4.78 is 1.54. The summed E-state index contributed by atoms with van der Waals surface area (Å²) >= 11 is 0. The molecule has 0 saturated heterocycles. The van der Waals surface area contributed by atoms with Crippen LogP contribution >= 0.6 is 0 Å². The Morgan fingerprint density at radius 2 is 1.79 bits per heavy atom. The largest absolute Gasteiger partial charge is 0.506 e. The highest BCUT2D eigenvalue weighted by molar-refractivity contribution is 5.83. The quantitative estimate of drug-likeness (QED) is 0.723. The predicted molar refractivity (Wildman–Crippen MR) is 73.7 cm³/mol. The normalized spacial score (nSPS) is 10.8. The van der Waals surface area contributed by atoms with E-state index in [1.807, 2.05) is 30.3 Å².